The Morgan fingerprint density at radius 2 is 2.35 bits per heavy atom. The Kier molecular flexibility index (Phi) is 2.39. The standard InChI is InChI=1S/C9H8N5O2S/c15-14(16)7-3-1-2-6(4-7)8-11-12-9-13(8)10-5-17-9/h1-4,10,15H,5H2/q-1. The van der Waals surface area contributed by atoms with Crippen LogP contribution in [0.2, 0.25) is 0 Å². The largest absolute Gasteiger partial charge is 0.733 e. The normalized spacial score (nSPS) is 13.3. The highest BCUT2D eigenvalue weighted by Crippen LogP contribution is 2.28. The average Bonchev–Trinajstić information content (AvgIpc) is 2.90. The first kappa shape index (κ1) is 10.4. The predicted octanol–water partition coefficient (Wildman–Crippen LogP) is 1.25. The predicted molar refractivity (Wildman–Crippen MR) is 63.2 cm³/mol. The molecule has 7 nitrogen and oxygen atoms in total. The minimum Gasteiger partial charge on any atom is -0.733 e. The number of thioether (sulfide) groups is 1. The van der Waals surface area contributed by atoms with E-state index in [1.165, 1.54) is 6.07 Å². The lowest BCUT2D eigenvalue weighted by molar-refractivity contribution is 0.296. The number of fused-ring (bicyclic) bond motifs is 1. The molecule has 0 radical (unpaired) electrons. The third-order valence-electron chi connectivity index (χ3n) is 2.38. The van der Waals surface area contributed by atoms with E-state index in [-0.39, 0.29) is 10.9 Å². The zero-order valence-corrected chi connectivity index (χ0v) is 9.39. The molecule has 0 saturated carbocycles. The quantitative estimate of drug-likeness (QED) is 0.775. The maximum atomic E-state index is 10.8. The second-order valence-electron chi connectivity index (χ2n) is 3.41. The zero-order chi connectivity index (χ0) is 11.8. The lowest BCUT2D eigenvalue weighted by atomic mass is 10.2. The second kappa shape index (κ2) is 3.91. The Morgan fingerprint density at radius 3 is 3.18 bits per heavy atom. The lowest BCUT2D eigenvalue weighted by Crippen LogP contribution is -2.10. The molecule has 17 heavy (non-hydrogen) atoms. The number of aromatic nitrogens is 3. The highest BCUT2D eigenvalue weighted by Gasteiger charge is 2.18. The molecule has 0 atom stereocenters. The number of anilines is 1. The first-order chi connectivity index (χ1) is 8.25. The monoisotopic (exact) mass is 250 g/mol. The fourth-order valence-electron chi connectivity index (χ4n) is 1.62. The Bertz CT molecular complexity index is 556. The van der Waals surface area contributed by atoms with Crippen molar-refractivity contribution in [1.82, 2.24) is 14.9 Å². The maximum absolute atomic E-state index is 10.8. The summed E-state index contributed by atoms with van der Waals surface area (Å²) < 4.78 is 1.76. The smallest absolute Gasteiger partial charge is 0.212 e. The Labute approximate surface area is 101 Å². The van der Waals surface area contributed by atoms with Crippen molar-refractivity contribution in [1.29, 1.82) is 0 Å². The third-order valence-corrected chi connectivity index (χ3v) is 3.18. The van der Waals surface area contributed by atoms with Crippen molar-refractivity contribution in [3.8, 4) is 11.4 Å². The van der Waals surface area contributed by atoms with E-state index in [2.05, 4.69) is 15.6 Å². The van der Waals surface area contributed by atoms with Gasteiger partial charge in [-0.3, -0.25) is 5.21 Å². The summed E-state index contributed by atoms with van der Waals surface area (Å²) in [6.07, 6.45) is 0. The molecule has 1 aliphatic heterocycles. The van der Waals surface area contributed by atoms with Gasteiger partial charge in [-0.25, -0.2) is 4.68 Å². The van der Waals surface area contributed by atoms with E-state index in [1.807, 2.05) is 0 Å². The van der Waals surface area contributed by atoms with Crippen molar-refractivity contribution in [3.63, 3.8) is 0 Å². The average molecular weight is 250 g/mol. The molecule has 2 heterocycles. The zero-order valence-electron chi connectivity index (χ0n) is 8.57. The van der Waals surface area contributed by atoms with Crippen LogP contribution in [0, 0.1) is 5.21 Å². The maximum Gasteiger partial charge on any atom is 0.212 e. The summed E-state index contributed by atoms with van der Waals surface area (Å²) in [4.78, 5) is 0. The third kappa shape index (κ3) is 1.71. The van der Waals surface area contributed by atoms with Gasteiger partial charge >= 0.3 is 0 Å². The Morgan fingerprint density at radius 1 is 1.47 bits per heavy atom. The molecule has 1 aromatic carbocycles. The summed E-state index contributed by atoms with van der Waals surface area (Å²) in [7, 11) is 0. The van der Waals surface area contributed by atoms with Crippen molar-refractivity contribution in [2.24, 2.45) is 0 Å². The molecule has 8 heteroatoms. The molecule has 2 N–H and O–H groups in total. The molecule has 0 unspecified atom stereocenters. The number of rotatable bonds is 2. The van der Waals surface area contributed by atoms with E-state index in [0.29, 0.717) is 11.4 Å². The molecule has 3 rings (SSSR count). The fourth-order valence-corrected chi connectivity index (χ4v) is 2.32. The Balaban J connectivity index is 2.06. The lowest BCUT2D eigenvalue weighted by Gasteiger charge is -2.21. The van der Waals surface area contributed by atoms with Crippen molar-refractivity contribution in [3.05, 3.63) is 29.5 Å². The van der Waals surface area contributed by atoms with E-state index in [9.17, 15) is 5.21 Å². The van der Waals surface area contributed by atoms with Crippen molar-refractivity contribution >= 4 is 17.4 Å². The van der Waals surface area contributed by atoms with Gasteiger partial charge < -0.3 is 15.9 Å². The van der Waals surface area contributed by atoms with Crippen LogP contribution in [0.5, 0.6) is 0 Å². The fraction of sp³-hybridized carbons (Fsp3) is 0.111. The van der Waals surface area contributed by atoms with E-state index in [0.717, 1.165) is 11.0 Å². The van der Waals surface area contributed by atoms with Gasteiger partial charge in [0.05, 0.1) is 11.6 Å². The highest BCUT2D eigenvalue weighted by atomic mass is 32.2. The molecule has 0 aliphatic carbocycles. The number of hydrogen-bond acceptors (Lipinski definition) is 7. The molecule has 1 aliphatic rings. The molecule has 0 saturated heterocycles. The van der Waals surface area contributed by atoms with Gasteiger partial charge in [-0.05, 0) is 12.1 Å². The summed E-state index contributed by atoms with van der Waals surface area (Å²) >= 11 is 1.55. The van der Waals surface area contributed by atoms with E-state index in [4.69, 9.17) is 5.21 Å². The highest BCUT2D eigenvalue weighted by molar-refractivity contribution is 7.99. The Hall–Kier alpha value is -1.77. The van der Waals surface area contributed by atoms with Gasteiger partial charge in [-0.1, -0.05) is 23.9 Å². The topological polar surface area (TPSA) is 89.3 Å². The van der Waals surface area contributed by atoms with E-state index >= 15 is 0 Å². The summed E-state index contributed by atoms with van der Waals surface area (Å²) in [6, 6.07) is 6.54. The minimum absolute atomic E-state index is 0.158. The van der Waals surface area contributed by atoms with Crippen LogP contribution in [-0.2, 0) is 0 Å². The molecule has 0 bridgehead atoms. The summed E-state index contributed by atoms with van der Waals surface area (Å²) in [6.45, 7) is 0. The van der Waals surface area contributed by atoms with Crippen LogP contribution in [-0.4, -0.2) is 26.0 Å². The number of benzene rings is 1. The summed E-state index contributed by atoms with van der Waals surface area (Å²) in [5.74, 6) is 1.36. The summed E-state index contributed by atoms with van der Waals surface area (Å²) in [5.41, 5.74) is 3.97. The van der Waals surface area contributed by atoms with Gasteiger partial charge in [0.25, 0.3) is 0 Å². The van der Waals surface area contributed by atoms with Gasteiger partial charge in [0, 0.05) is 5.56 Å². The number of nitrogens with one attached hydrogen (secondary N) is 1. The van der Waals surface area contributed by atoms with E-state index < -0.39 is 0 Å². The number of nitrogens with zero attached hydrogens (tertiary/aromatic N) is 4. The molecular formula is C9H8N5O2S-. The molecular weight excluding hydrogens is 242 g/mol. The van der Waals surface area contributed by atoms with Gasteiger partial charge in [0.15, 0.2) is 5.82 Å². The molecule has 0 amide bonds. The van der Waals surface area contributed by atoms with Crippen molar-refractivity contribution < 1.29 is 5.21 Å². The van der Waals surface area contributed by atoms with Gasteiger partial charge in [0.2, 0.25) is 5.16 Å². The minimum atomic E-state index is -0.174. The van der Waals surface area contributed by atoms with Crippen molar-refractivity contribution in [2.75, 3.05) is 16.5 Å². The van der Waals surface area contributed by atoms with Crippen molar-refractivity contribution in [2.45, 2.75) is 5.16 Å². The molecule has 88 valence electrons. The molecule has 2 aromatic rings. The van der Waals surface area contributed by atoms with Gasteiger partial charge in [-0.15, -0.1) is 10.2 Å². The van der Waals surface area contributed by atoms with Gasteiger partial charge in [0.1, 0.15) is 0 Å². The van der Waals surface area contributed by atoms with Gasteiger partial charge in [-0.2, -0.15) is 0 Å². The van der Waals surface area contributed by atoms with Crippen LogP contribution in [0.15, 0.2) is 29.4 Å². The van der Waals surface area contributed by atoms with Crippen LogP contribution >= 0.6 is 11.8 Å². The van der Waals surface area contributed by atoms with Crippen LogP contribution in [0.4, 0.5) is 5.69 Å². The van der Waals surface area contributed by atoms with E-state index in [1.54, 1.807) is 34.6 Å². The molecule has 0 spiro atoms. The van der Waals surface area contributed by atoms with Crippen LogP contribution < -0.4 is 10.7 Å². The number of hydrogen-bond donors (Lipinski definition) is 2. The first-order valence-corrected chi connectivity index (χ1v) is 5.83. The van der Waals surface area contributed by atoms with Crippen LogP contribution in [0.25, 0.3) is 11.4 Å². The molecule has 1 aromatic heterocycles. The van der Waals surface area contributed by atoms with Crippen LogP contribution in [0.1, 0.15) is 0 Å². The van der Waals surface area contributed by atoms with Crippen LogP contribution in [0.3, 0.4) is 0 Å². The summed E-state index contributed by atoms with van der Waals surface area (Å²) in [5, 5.41) is 28.3. The first-order valence-electron chi connectivity index (χ1n) is 4.84. The second-order valence-corrected chi connectivity index (χ2v) is 4.35. The molecule has 0 fully saturated rings. The SMILES string of the molecule is [O-]N(O)c1cccc(-c2nnc3n2NCS3)c1.